The largest absolute Gasteiger partial charge is 0.476 e. The van der Waals surface area contributed by atoms with Gasteiger partial charge in [-0.25, -0.2) is 9.78 Å². The Morgan fingerprint density at radius 2 is 1.84 bits per heavy atom. The number of carbonyl (C=O) groups is 2. The summed E-state index contributed by atoms with van der Waals surface area (Å²) in [7, 11) is 1.27. The van der Waals surface area contributed by atoms with Crippen molar-refractivity contribution in [2.75, 3.05) is 19.0 Å². The molecule has 2 heterocycles. The molecule has 1 N–H and O–H groups in total. The quantitative estimate of drug-likeness (QED) is 0.300. The minimum atomic E-state index is -0.565. The molecule has 1 amide bonds. The average Bonchev–Trinajstić information content (AvgIpc) is 3.22. The average molecular weight is 541 g/mol. The molecule has 0 radical (unpaired) electrons. The van der Waals surface area contributed by atoms with Gasteiger partial charge in [-0.3, -0.25) is 14.9 Å². The smallest absolute Gasteiger partial charge is 0.350 e. The number of rotatable bonds is 6. The minimum absolute atomic E-state index is 0.0567. The zero-order valence-corrected chi connectivity index (χ0v) is 22.5. The maximum absolute atomic E-state index is 13.4. The number of hydrogen-bond acceptors (Lipinski definition) is 8. The molecule has 0 bridgehead atoms. The van der Waals surface area contributed by atoms with E-state index in [1.54, 1.807) is 19.1 Å². The monoisotopic (exact) mass is 540 g/mol. The van der Waals surface area contributed by atoms with Crippen LogP contribution in [0.4, 0.5) is 5.13 Å². The lowest BCUT2D eigenvalue weighted by atomic mass is 9.86. The maximum Gasteiger partial charge on any atom is 0.350 e. The Kier molecular flexibility index (Phi) is 7.38. The van der Waals surface area contributed by atoms with E-state index in [9.17, 15) is 14.4 Å². The first-order valence-electron chi connectivity index (χ1n) is 11.3. The molecule has 0 fully saturated rings. The third-order valence-electron chi connectivity index (χ3n) is 5.59. The highest BCUT2D eigenvalue weighted by molar-refractivity contribution is 7.17. The Hall–Kier alpha value is -3.69. The molecule has 0 aliphatic rings. The summed E-state index contributed by atoms with van der Waals surface area (Å²) in [6.45, 7) is 7.46. The molecule has 8 nitrogen and oxygen atoms in total. The highest BCUT2D eigenvalue weighted by Gasteiger charge is 2.22. The van der Waals surface area contributed by atoms with Gasteiger partial charge in [-0.15, -0.1) is 0 Å². The number of aryl methyl sites for hydroxylation is 1. The van der Waals surface area contributed by atoms with Gasteiger partial charge in [0.25, 0.3) is 5.91 Å². The molecule has 0 saturated carbocycles. The van der Waals surface area contributed by atoms with Crippen LogP contribution in [0.15, 0.2) is 51.7 Å². The number of nitrogens with zero attached hydrogens (tertiary/aromatic N) is 1. The van der Waals surface area contributed by atoms with Gasteiger partial charge in [-0.2, -0.15) is 0 Å². The van der Waals surface area contributed by atoms with E-state index in [0.29, 0.717) is 21.9 Å². The summed E-state index contributed by atoms with van der Waals surface area (Å²) in [5, 5.41) is 3.39. The Morgan fingerprint density at radius 3 is 2.49 bits per heavy atom. The molecule has 0 spiro atoms. The summed E-state index contributed by atoms with van der Waals surface area (Å²) in [5.74, 6) is -1.02. The third kappa shape index (κ3) is 5.68. The third-order valence-corrected chi connectivity index (χ3v) is 6.87. The lowest BCUT2D eigenvalue weighted by Crippen LogP contribution is -2.22. The van der Waals surface area contributed by atoms with Gasteiger partial charge >= 0.3 is 5.97 Å². The number of esters is 1. The molecule has 192 valence electrons. The molecule has 10 heteroatoms. The van der Waals surface area contributed by atoms with Crippen LogP contribution in [-0.4, -0.2) is 30.6 Å². The molecule has 0 aliphatic heterocycles. The first kappa shape index (κ1) is 26.4. The molecule has 4 rings (SSSR count). The van der Waals surface area contributed by atoms with E-state index in [2.05, 4.69) is 31.1 Å². The van der Waals surface area contributed by atoms with Crippen LogP contribution >= 0.6 is 22.9 Å². The van der Waals surface area contributed by atoms with Crippen molar-refractivity contribution in [2.45, 2.75) is 33.1 Å². The van der Waals surface area contributed by atoms with Crippen molar-refractivity contribution in [1.82, 2.24) is 4.98 Å². The molecule has 37 heavy (non-hydrogen) atoms. The Labute approximate surface area is 222 Å². The normalized spacial score (nSPS) is 11.4. The molecule has 2 aromatic heterocycles. The van der Waals surface area contributed by atoms with E-state index in [1.165, 1.54) is 13.2 Å². The Morgan fingerprint density at radius 1 is 1.14 bits per heavy atom. The van der Waals surface area contributed by atoms with E-state index in [0.717, 1.165) is 16.9 Å². The van der Waals surface area contributed by atoms with Crippen molar-refractivity contribution in [1.29, 1.82) is 0 Å². The maximum atomic E-state index is 13.4. The van der Waals surface area contributed by atoms with Crippen LogP contribution in [0.5, 0.6) is 5.75 Å². The van der Waals surface area contributed by atoms with Crippen LogP contribution in [0.3, 0.4) is 0 Å². The number of amides is 1. The van der Waals surface area contributed by atoms with Crippen molar-refractivity contribution in [3.8, 4) is 17.1 Å². The fourth-order valence-electron chi connectivity index (χ4n) is 3.62. The van der Waals surface area contributed by atoms with Crippen LogP contribution in [0, 0.1) is 6.92 Å². The van der Waals surface area contributed by atoms with Gasteiger partial charge in [0.1, 0.15) is 10.5 Å². The number of thiazole rings is 1. The number of halogens is 1. The Balaban J connectivity index is 1.66. The van der Waals surface area contributed by atoms with Gasteiger partial charge < -0.3 is 13.9 Å². The number of nitrogens with one attached hydrogen (secondary N) is 1. The van der Waals surface area contributed by atoms with Gasteiger partial charge in [0.15, 0.2) is 17.5 Å². The number of ether oxygens (including phenoxy) is 2. The number of anilines is 1. The fourth-order valence-corrected chi connectivity index (χ4v) is 4.69. The van der Waals surface area contributed by atoms with Crippen molar-refractivity contribution in [2.24, 2.45) is 0 Å². The van der Waals surface area contributed by atoms with Crippen LogP contribution in [0.2, 0.25) is 5.02 Å². The minimum Gasteiger partial charge on any atom is -0.476 e. The van der Waals surface area contributed by atoms with Crippen LogP contribution in [0.1, 0.15) is 41.7 Å². The molecule has 0 unspecified atom stereocenters. The summed E-state index contributed by atoms with van der Waals surface area (Å²) in [5.41, 5.74) is 1.99. The van der Waals surface area contributed by atoms with E-state index in [4.69, 9.17) is 25.5 Å². The molecule has 0 atom stereocenters. The lowest BCUT2D eigenvalue weighted by Gasteiger charge is -2.19. The molecular weight excluding hydrogens is 516 g/mol. The first-order valence-corrected chi connectivity index (χ1v) is 12.5. The van der Waals surface area contributed by atoms with Crippen molar-refractivity contribution in [3.05, 3.63) is 73.8 Å². The molecule has 2 aromatic carbocycles. The number of carbonyl (C=O) groups excluding carboxylic acids is 2. The summed E-state index contributed by atoms with van der Waals surface area (Å²) in [4.78, 5) is 42.3. The number of methoxy groups -OCH3 is 1. The number of hydrogen-bond donors (Lipinski definition) is 1. The fraction of sp³-hybridized carbons (Fsp3) is 0.259. The zero-order chi connectivity index (χ0) is 26.9. The van der Waals surface area contributed by atoms with Crippen LogP contribution in [-0.2, 0) is 14.9 Å². The zero-order valence-electron chi connectivity index (χ0n) is 20.9. The number of fused-ring (bicyclic) bond motifs is 1. The predicted octanol–water partition coefficient (Wildman–Crippen LogP) is 5.98. The van der Waals surface area contributed by atoms with E-state index >= 15 is 0 Å². The summed E-state index contributed by atoms with van der Waals surface area (Å²) < 4.78 is 16.5. The van der Waals surface area contributed by atoms with Gasteiger partial charge in [0.05, 0.1) is 18.2 Å². The van der Waals surface area contributed by atoms with Crippen molar-refractivity contribution < 1.29 is 23.5 Å². The predicted molar refractivity (Wildman–Crippen MR) is 144 cm³/mol. The van der Waals surface area contributed by atoms with Gasteiger partial charge in [0.2, 0.25) is 11.2 Å². The van der Waals surface area contributed by atoms with Crippen molar-refractivity contribution >= 4 is 50.9 Å². The number of aromatic nitrogens is 1. The summed E-state index contributed by atoms with van der Waals surface area (Å²) in [6, 6.07) is 12.4. The first-order chi connectivity index (χ1) is 17.5. The second-order valence-electron chi connectivity index (χ2n) is 9.32. The topological polar surface area (TPSA) is 108 Å². The van der Waals surface area contributed by atoms with Gasteiger partial charge in [-0.05, 0) is 36.1 Å². The van der Waals surface area contributed by atoms with Gasteiger partial charge in [0, 0.05) is 10.6 Å². The van der Waals surface area contributed by atoms with E-state index in [-0.39, 0.29) is 32.3 Å². The summed E-state index contributed by atoms with van der Waals surface area (Å²) in [6.07, 6.45) is 0. The molecule has 4 aromatic rings. The second kappa shape index (κ2) is 10.4. The molecule has 0 aliphatic carbocycles. The van der Waals surface area contributed by atoms with Crippen LogP contribution < -0.4 is 15.5 Å². The second-order valence-corrected chi connectivity index (χ2v) is 10.8. The van der Waals surface area contributed by atoms with E-state index in [1.807, 2.05) is 24.3 Å². The highest BCUT2D eigenvalue weighted by Crippen LogP contribution is 2.33. The van der Waals surface area contributed by atoms with Crippen molar-refractivity contribution in [3.63, 3.8) is 0 Å². The Bertz CT molecular complexity index is 1550. The number of benzene rings is 2. The van der Waals surface area contributed by atoms with Crippen LogP contribution in [0.25, 0.3) is 22.3 Å². The molecule has 0 saturated heterocycles. The highest BCUT2D eigenvalue weighted by atomic mass is 35.5. The van der Waals surface area contributed by atoms with Gasteiger partial charge in [-0.1, -0.05) is 68.0 Å². The molecular formula is C27H25ClN2O6S. The SMILES string of the molecule is COC(=O)c1sc(NC(=O)COc2c(-c3ccc(C(C)(C)C)cc3)oc3ccc(Cl)cc3c2=O)nc1C. The summed E-state index contributed by atoms with van der Waals surface area (Å²) >= 11 is 7.08. The lowest BCUT2D eigenvalue weighted by molar-refractivity contribution is -0.118. The van der Waals surface area contributed by atoms with E-state index < -0.39 is 23.9 Å². The standard InChI is InChI=1S/C27H25ClN2O6S/c1-14-24(25(33)34-5)37-26(29-14)30-20(31)13-35-23-21(32)18-12-17(28)10-11-19(18)36-22(23)15-6-8-16(9-7-15)27(2,3)4/h6-12H,13H2,1-5H3,(H,29,30,31).